The predicted octanol–water partition coefficient (Wildman–Crippen LogP) is 4.44. The van der Waals surface area contributed by atoms with Gasteiger partial charge in [-0.15, -0.1) is 0 Å². The molecule has 0 amide bonds. The number of hydrogen-bond acceptors (Lipinski definition) is 5. The molecule has 3 aromatic heterocycles. The molecule has 6 nitrogen and oxygen atoms in total. The maximum atomic E-state index is 12.4. The Hall–Kier alpha value is -2.76. The number of carbonyl (C=O) groups excluding carboxylic acids is 1. The zero-order valence-electron chi connectivity index (χ0n) is 17.2. The molecule has 0 radical (unpaired) electrons. The molecule has 2 bridgehead atoms. The van der Waals surface area contributed by atoms with Crippen molar-refractivity contribution in [1.82, 2.24) is 19.9 Å². The first-order chi connectivity index (χ1) is 14.0. The van der Waals surface area contributed by atoms with E-state index >= 15 is 0 Å². The molecule has 2 atom stereocenters. The molecule has 3 heterocycles. The molecule has 3 fully saturated rings. The van der Waals surface area contributed by atoms with Crippen molar-refractivity contribution in [2.45, 2.75) is 52.5 Å². The van der Waals surface area contributed by atoms with E-state index < -0.39 is 0 Å². The summed E-state index contributed by atoms with van der Waals surface area (Å²) in [5.41, 5.74) is 3.90. The number of Topliss-reactive ketones (excluding diaryl/α,β-unsaturated/α-hetero) is 1. The maximum absolute atomic E-state index is 12.4. The van der Waals surface area contributed by atoms with E-state index in [1.165, 1.54) is 25.7 Å². The summed E-state index contributed by atoms with van der Waals surface area (Å²) in [6, 6.07) is 2.28. The van der Waals surface area contributed by atoms with Crippen molar-refractivity contribution in [3.63, 3.8) is 0 Å². The summed E-state index contributed by atoms with van der Waals surface area (Å²) >= 11 is 0. The average Bonchev–Trinajstić information content (AvgIpc) is 3.13. The van der Waals surface area contributed by atoms with Crippen molar-refractivity contribution in [3.05, 3.63) is 35.8 Å². The number of aromatic amines is 1. The monoisotopic (exact) mass is 389 g/mol. The largest absolute Gasteiger partial charge is 0.366 e. The summed E-state index contributed by atoms with van der Waals surface area (Å²) in [4.78, 5) is 29.6. The Balaban J connectivity index is 1.51. The standard InChI is InChI=1S/C23H27N5O/c1-12-8-17-18(11-26-22(17)24-9-12)23-25-10-13(2)21(28-23)27-20-16-6-4-15(5-7-16)19(20)14(3)29/h8-11,15-16,19-20H,4-7H2,1-3H3,(H,24,26)(H,25,27,28)/t15?,16?,19-,20-/m0/s1. The topological polar surface area (TPSA) is 83.6 Å². The molecular formula is C23H27N5O. The minimum atomic E-state index is 0.0975. The lowest BCUT2D eigenvalue weighted by Crippen LogP contribution is -2.51. The molecular weight excluding hydrogens is 362 g/mol. The summed E-state index contributed by atoms with van der Waals surface area (Å²) < 4.78 is 0. The first-order valence-electron chi connectivity index (χ1n) is 10.6. The third-order valence-corrected chi connectivity index (χ3v) is 6.87. The van der Waals surface area contributed by atoms with Gasteiger partial charge in [-0.05, 0) is 69.9 Å². The molecule has 150 valence electrons. The normalized spacial score (nSPS) is 26.0. The van der Waals surface area contributed by atoms with Crippen LogP contribution in [0.4, 0.5) is 5.82 Å². The first-order valence-corrected chi connectivity index (χ1v) is 10.6. The van der Waals surface area contributed by atoms with Crippen molar-refractivity contribution in [2.24, 2.45) is 17.8 Å². The molecule has 29 heavy (non-hydrogen) atoms. The van der Waals surface area contributed by atoms with Crippen LogP contribution in [0.1, 0.15) is 43.7 Å². The molecule has 6 rings (SSSR count). The van der Waals surface area contributed by atoms with E-state index in [2.05, 4.69) is 26.3 Å². The highest BCUT2D eigenvalue weighted by molar-refractivity contribution is 5.92. The van der Waals surface area contributed by atoms with Crippen molar-refractivity contribution in [2.75, 3.05) is 5.32 Å². The third-order valence-electron chi connectivity index (χ3n) is 6.87. The van der Waals surface area contributed by atoms with Crippen molar-refractivity contribution >= 4 is 22.6 Å². The molecule has 0 aliphatic heterocycles. The number of aromatic nitrogens is 4. The van der Waals surface area contributed by atoms with Crippen molar-refractivity contribution < 1.29 is 4.79 Å². The Labute approximate surface area is 170 Å². The molecule has 2 N–H and O–H groups in total. The van der Waals surface area contributed by atoms with Gasteiger partial charge in [-0.3, -0.25) is 4.79 Å². The van der Waals surface area contributed by atoms with Crippen LogP contribution in [0.3, 0.4) is 0 Å². The van der Waals surface area contributed by atoms with Gasteiger partial charge in [0.2, 0.25) is 0 Å². The van der Waals surface area contributed by atoms with E-state index in [4.69, 9.17) is 4.98 Å². The van der Waals surface area contributed by atoms with Gasteiger partial charge in [-0.2, -0.15) is 0 Å². The van der Waals surface area contributed by atoms with Crippen LogP contribution in [0.2, 0.25) is 0 Å². The van der Waals surface area contributed by atoms with Gasteiger partial charge in [-0.25, -0.2) is 15.0 Å². The van der Waals surface area contributed by atoms with Crippen LogP contribution in [-0.4, -0.2) is 31.8 Å². The summed E-state index contributed by atoms with van der Waals surface area (Å²) in [5, 5.41) is 4.70. The van der Waals surface area contributed by atoms with Crippen LogP contribution in [0, 0.1) is 31.6 Å². The number of aryl methyl sites for hydroxylation is 2. The summed E-state index contributed by atoms with van der Waals surface area (Å²) in [7, 11) is 0. The number of nitrogens with zero attached hydrogens (tertiary/aromatic N) is 3. The zero-order valence-corrected chi connectivity index (χ0v) is 17.2. The lowest BCUT2D eigenvalue weighted by Gasteiger charge is -2.48. The SMILES string of the molecule is CC(=O)[C@H]1C2CCC(CC2)[C@@H]1Nc1nc(-c2c[nH]c3ncc(C)cc23)ncc1C. The van der Waals surface area contributed by atoms with Gasteiger partial charge >= 0.3 is 0 Å². The van der Waals surface area contributed by atoms with Crippen LogP contribution >= 0.6 is 0 Å². The summed E-state index contributed by atoms with van der Waals surface area (Å²) in [6.45, 7) is 5.81. The second-order valence-electron chi connectivity index (χ2n) is 8.82. The van der Waals surface area contributed by atoms with Crippen LogP contribution in [0.15, 0.2) is 24.7 Å². The Kier molecular flexibility index (Phi) is 4.37. The molecule has 0 unspecified atom stereocenters. The molecule has 3 aliphatic rings. The minimum Gasteiger partial charge on any atom is -0.366 e. The van der Waals surface area contributed by atoms with Crippen LogP contribution in [0.5, 0.6) is 0 Å². The minimum absolute atomic E-state index is 0.0975. The third kappa shape index (κ3) is 3.11. The van der Waals surface area contributed by atoms with Crippen LogP contribution in [-0.2, 0) is 4.79 Å². The number of pyridine rings is 1. The van der Waals surface area contributed by atoms with Gasteiger partial charge in [0.1, 0.15) is 17.2 Å². The smallest absolute Gasteiger partial charge is 0.163 e. The van der Waals surface area contributed by atoms with E-state index in [1.54, 1.807) is 6.92 Å². The number of carbonyl (C=O) groups is 1. The number of ketones is 1. The maximum Gasteiger partial charge on any atom is 0.163 e. The van der Waals surface area contributed by atoms with E-state index in [1.807, 2.05) is 32.4 Å². The van der Waals surface area contributed by atoms with E-state index in [0.29, 0.717) is 23.4 Å². The summed E-state index contributed by atoms with van der Waals surface area (Å²) in [6.07, 6.45) is 10.4. The van der Waals surface area contributed by atoms with Crippen molar-refractivity contribution in [1.29, 1.82) is 0 Å². The van der Waals surface area contributed by atoms with E-state index in [9.17, 15) is 4.79 Å². The number of fused-ring (bicyclic) bond motifs is 4. The first kappa shape index (κ1) is 18.3. The highest BCUT2D eigenvalue weighted by atomic mass is 16.1. The predicted molar refractivity (Wildman–Crippen MR) is 114 cm³/mol. The molecule has 3 aliphatic carbocycles. The number of anilines is 1. The van der Waals surface area contributed by atoms with Gasteiger partial charge in [0.25, 0.3) is 0 Å². The van der Waals surface area contributed by atoms with E-state index in [0.717, 1.165) is 33.5 Å². The van der Waals surface area contributed by atoms with Crippen LogP contribution in [0.25, 0.3) is 22.4 Å². The Morgan fingerprint density at radius 1 is 1.10 bits per heavy atom. The number of H-pyrrole nitrogens is 1. The average molecular weight is 390 g/mol. The number of rotatable bonds is 4. The molecule has 3 saturated carbocycles. The van der Waals surface area contributed by atoms with Gasteiger partial charge in [0, 0.05) is 47.1 Å². The molecule has 0 aromatic carbocycles. The van der Waals surface area contributed by atoms with Gasteiger partial charge in [0.05, 0.1) is 0 Å². The highest BCUT2D eigenvalue weighted by Crippen LogP contribution is 2.46. The zero-order chi connectivity index (χ0) is 20.1. The fourth-order valence-corrected chi connectivity index (χ4v) is 5.41. The Bertz CT molecular complexity index is 1080. The molecule has 6 heteroatoms. The van der Waals surface area contributed by atoms with Crippen LogP contribution < -0.4 is 5.32 Å². The van der Waals surface area contributed by atoms with Gasteiger partial charge in [0.15, 0.2) is 5.82 Å². The molecule has 0 spiro atoms. The highest BCUT2D eigenvalue weighted by Gasteiger charge is 2.45. The second kappa shape index (κ2) is 6.94. The Morgan fingerprint density at radius 2 is 1.86 bits per heavy atom. The number of hydrogen-bond donors (Lipinski definition) is 2. The fraction of sp³-hybridized carbons (Fsp3) is 0.478. The van der Waals surface area contributed by atoms with Gasteiger partial charge in [-0.1, -0.05) is 0 Å². The lowest BCUT2D eigenvalue weighted by molar-refractivity contribution is -0.126. The molecule has 0 saturated heterocycles. The molecule has 3 aromatic rings. The quantitative estimate of drug-likeness (QED) is 0.689. The number of nitrogens with one attached hydrogen (secondary N) is 2. The summed E-state index contributed by atoms with van der Waals surface area (Å²) in [5.74, 6) is 2.99. The van der Waals surface area contributed by atoms with Crippen molar-refractivity contribution in [3.8, 4) is 11.4 Å². The fourth-order valence-electron chi connectivity index (χ4n) is 5.41. The van der Waals surface area contributed by atoms with E-state index in [-0.39, 0.29) is 12.0 Å². The lowest BCUT2D eigenvalue weighted by atomic mass is 9.60. The van der Waals surface area contributed by atoms with Gasteiger partial charge < -0.3 is 10.3 Å². The Morgan fingerprint density at radius 3 is 2.62 bits per heavy atom. The second-order valence-corrected chi connectivity index (χ2v) is 8.82.